The van der Waals surface area contributed by atoms with E-state index in [9.17, 15) is 0 Å². The summed E-state index contributed by atoms with van der Waals surface area (Å²) in [6.45, 7) is 9.65. The first-order valence-corrected chi connectivity index (χ1v) is 5.33. The second-order valence-electron chi connectivity index (χ2n) is 3.96. The van der Waals surface area contributed by atoms with Gasteiger partial charge in [0.2, 0.25) is 0 Å². The maximum atomic E-state index is 4.07. The standard InChI is InChI=1S/C11H22N2/c1-4-11-6-5-7-13(11)9-10(2)8-12-3/h11-12H,2,4-9H2,1,3H3. The average molecular weight is 182 g/mol. The van der Waals surface area contributed by atoms with Crippen molar-refractivity contribution in [1.82, 2.24) is 10.2 Å². The van der Waals surface area contributed by atoms with Gasteiger partial charge in [-0.3, -0.25) is 4.90 Å². The Bertz CT molecular complexity index is 165. The van der Waals surface area contributed by atoms with Gasteiger partial charge in [-0.05, 0) is 38.4 Å². The lowest BCUT2D eigenvalue weighted by Gasteiger charge is -2.24. The van der Waals surface area contributed by atoms with Crippen LogP contribution in [0.5, 0.6) is 0 Å². The van der Waals surface area contributed by atoms with Crippen LogP contribution >= 0.6 is 0 Å². The fourth-order valence-electron chi connectivity index (χ4n) is 2.16. The van der Waals surface area contributed by atoms with Gasteiger partial charge < -0.3 is 5.32 Å². The van der Waals surface area contributed by atoms with Crippen molar-refractivity contribution in [2.75, 3.05) is 26.7 Å². The number of nitrogens with zero attached hydrogens (tertiary/aromatic N) is 1. The van der Waals surface area contributed by atoms with Crippen molar-refractivity contribution in [1.29, 1.82) is 0 Å². The highest BCUT2D eigenvalue weighted by atomic mass is 15.2. The van der Waals surface area contributed by atoms with Crippen LogP contribution in [0.1, 0.15) is 26.2 Å². The van der Waals surface area contributed by atoms with Gasteiger partial charge in [0, 0.05) is 19.1 Å². The summed E-state index contributed by atoms with van der Waals surface area (Å²) in [7, 11) is 1.98. The van der Waals surface area contributed by atoms with E-state index in [0.717, 1.165) is 19.1 Å². The second kappa shape index (κ2) is 5.40. The summed E-state index contributed by atoms with van der Waals surface area (Å²) < 4.78 is 0. The number of rotatable bonds is 5. The van der Waals surface area contributed by atoms with Gasteiger partial charge >= 0.3 is 0 Å². The third kappa shape index (κ3) is 3.12. The molecule has 0 aromatic carbocycles. The lowest BCUT2D eigenvalue weighted by Crippen LogP contribution is -2.32. The Morgan fingerprint density at radius 2 is 2.38 bits per heavy atom. The zero-order valence-electron chi connectivity index (χ0n) is 8.97. The summed E-state index contributed by atoms with van der Waals surface area (Å²) in [5.74, 6) is 0. The Labute approximate surface area is 82.0 Å². The van der Waals surface area contributed by atoms with Gasteiger partial charge in [-0.15, -0.1) is 0 Å². The van der Waals surface area contributed by atoms with E-state index in [2.05, 4.69) is 23.7 Å². The number of hydrogen-bond acceptors (Lipinski definition) is 2. The van der Waals surface area contributed by atoms with Crippen LogP contribution in [0.4, 0.5) is 0 Å². The normalized spacial score (nSPS) is 23.7. The Hall–Kier alpha value is -0.340. The van der Waals surface area contributed by atoms with Crippen molar-refractivity contribution >= 4 is 0 Å². The highest BCUT2D eigenvalue weighted by Crippen LogP contribution is 2.20. The van der Waals surface area contributed by atoms with Crippen molar-refractivity contribution in [2.45, 2.75) is 32.2 Å². The van der Waals surface area contributed by atoms with Crippen molar-refractivity contribution in [2.24, 2.45) is 0 Å². The molecule has 1 heterocycles. The molecule has 1 atom stereocenters. The Morgan fingerprint density at radius 3 is 3.00 bits per heavy atom. The summed E-state index contributed by atoms with van der Waals surface area (Å²) >= 11 is 0. The van der Waals surface area contributed by atoms with E-state index in [-0.39, 0.29) is 0 Å². The molecule has 0 aliphatic carbocycles. The second-order valence-corrected chi connectivity index (χ2v) is 3.96. The quantitative estimate of drug-likeness (QED) is 0.650. The van der Waals surface area contributed by atoms with Crippen LogP contribution in [0.15, 0.2) is 12.2 Å². The van der Waals surface area contributed by atoms with E-state index in [1.54, 1.807) is 0 Å². The summed E-state index contributed by atoms with van der Waals surface area (Å²) in [5, 5.41) is 3.15. The van der Waals surface area contributed by atoms with Crippen molar-refractivity contribution in [3.63, 3.8) is 0 Å². The molecule has 0 aromatic heterocycles. The highest BCUT2D eigenvalue weighted by molar-refractivity contribution is 5.01. The lowest BCUT2D eigenvalue weighted by atomic mass is 10.1. The molecule has 1 aliphatic heterocycles. The summed E-state index contributed by atoms with van der Waals surface area (Å²) in [5.41, 5.74) is 1.31. The number of nitrogens with one attached hydrogen (secondary N) is 1. The molecular formula is C11H22N2. The van der Waals surface area contributed by atoms with E-state index in [4.69, 9.17) is 0 Å². The molecule has 0 radical (unpaired) electrons. The van der Waals surface area contributed by atoms with E-state index in [1.807, 2.05) is 7.05 Å². The van der Waals surface area contributed by atoms with Crippen LogP contribution in [0.25, 0.3) is 0 Å². The first-order valence-electron chi connectivity index (χ1n) is 5.33. The van der Waals surface area contributed by atoms with Gasteiger partial charge in [0.05, 0.1) is 0 Å². The Kier molecular flexibility index (Phi) is 4.46. The summed E-state index contributed by atoms with van der Waals surface area (Å²) in [4.78, 5) is 2.57. The van der Waals surface area contributed by atoms with Crippen LogP contribution < -0.4 is 5.32 Å². The van der Waals surface area contributed by atoms with Gasteiger partial charge in [-0.2, -0.15) is 0 Å². The molecule has 76 valence electrons. The van der Waals surface area contributed by atoms with E-state index in [1.165, 1.54) is 31.4 Å². The predicted molar refractivity (Wildman–Crippen MR) is 58.0 cm³/mol. The molecule has 0 saturated carbocycles. The predicted octanol–water partition coefficient (Wildman–Crippen LogP) is 1.64. The van der Waals surface area contributed by atoms with E-state index >= 15 is 0 Å². The Morgan fingerprint density at radius 1 is 1.62 bits per heavy atom. The molecule has 2 heteroatoms. The molecule has 0 aromatic rings. The molecule has 0 amide bonds. The maximum absolute atomic E-state index is 4.07. The summed E-state index contributed by atoms with van der Waals surface area (Å²) in [6, 6.07) is 0.814. The zero-order chi connectivity index (χ0) is 9.68. The van der Waals surface area contributed by atoms with Crippen LogP contribution in [0.2, 0.25) is 0 Å². The molecule has 13 heavy (non-hydrogen) atoms. The monoisotopic (exact) mass is 182 g/mol. The van der Waals surface area contributed by atoms with Crippen LogP contribution in [-0.4, -0.2) is 37.6 Å². The third-order valence-corrected chi connectivity index (χ3v) is 2.82. The van der Waals surface area contributed by atoms with E-state index < -0.39 is 0 Å². The first kappa shape index (κ1) is 10.7. The summed E-state index contributed by atoms with van der Waals surface area (Å²) in [6.07, 6.45) is 4.03. The van der Waals surface area contributed by atoms with Gasteiger partial charge in [0.15, 0.2) is 0 Å². The highest BCUT2D eigenvalue weighted by Gasteiger charge is 2.22. The van der Waals surface area contributed by atoms with Crippen molar-refractivity contribution < 1.29 is 0 Å². The molecule has 0 bridgehead atoms. The fourth-order valence-corrected chi connectivity index (χ4v) is 2.16. The maximum Gasteiger partial charge on any atom is 0.0205 e. The molecular weight excluding hydrogens is 160 g/mol. The molecule has 1 fully saturated rings. The van der Waals surface area contributed by atoms with Crippen LogP contribution in [0.3, 0.4) is 0 Å². The fraction of sp³-hybridized carbons (Fsp3) is 0.818. The number of hydrogen-bond donors (Lipinski definition) is 1. The Balaban J connectivity index is 2.30. The number of likely N-dealkylation sites (N-methyl/N-ethyl adjacent to an activating group) is 1. The van der Waals surface area contributed by atoms with Gasteiger partial charge in [0.25, 0.3) is 0 Å². The zero-order valence-corrected chi connectivity index (χ0v) is 8.97. The van der Waals surface area contributed by atoms with Crippen molar-refractivity contribution in [3.8, 4) is 0 Å². The van der Waals surface area contributed by atoms with Gasteiger partial charge in [-0.25, -0.2) is 0 Å². The SMILES string of the molecule is C=C(CNC)CN1CCCC1CC. The van der Waals surface area contributed by atoms with Crippen molar-refractivity contribution in [3.05, 3.63) is 12.2 Å². The van der Waals surface area contributed by atoms with Gasteiger partial charge in [0.1, 0.15) is 0 Å². The average Bonchev–Trinajstić information content (AvgIpc) is 2.52. The molecule has 0 spiro atoms. The van der Waals surface area contributed by atoms with Gasteiger partial charge in [-0.1, -0.05) is 13.5 Å². The van der Waals surface area contributed by atoms with Crippen LogP contribution in [0, 0.1) is 0 Å². The minimum atomic E-state index is 0.814. The largest absolute Gasteiger partial charge is 0.316 e. The number of likely N-dealkylation sites (tertiary alicyclic amines) is 1. The molecule has 1 unspecified atom stereocenters. The molecule has 1 N–H and O–H groups in total. The molecule has 1 saturated heterocycles. The topological polar surface area (TPSA) is 15.3 Å². The van der Waals surface area contributed by atoms with E-state index in [0.29, 0.717) is 0 Å². The molecule has 1 aliphatic rings. The lowest BCUT2D eigenvalue weighted by molar-refractivity contribution is 0.267. The smallest absolute Gasteiger partial charge is 0.0205 e. The minimum Gasteiger partial charge on any atom is -0.316 e. The third-order valence-electron chi connectivity index (χ3n) is 2.82. The minimum absolute atomic E-state index is 0.814. The van der Waals surface area contributed by atoms with Crippen LogP contribution in [-0.2, 0) is 0 Å². The molecule has 2 nitrogen and oxygen atoms in total. The first-order chi connectivity index (χ1) is 6.27. The molecule has 1 rings (SSSR count).